The molecule has 0 spiro atoms. The standard InChI is InChI=1S/C22H23F2N5O/c1-25-22(27-13-20-26-12-19(30-20)15-6-3-2-4-7-15)28-16-10-11-29(14-16)21-17(23)8-5-9-18(21)24/h2-9,12,16H,10-11,13-14H2,1H3,(H2,25,27,28). The summed E-state index contributed by atoms with van der Waals surface area (Å²) in [6.07, 6.45) is 2.44. The van der Waals surface area contributed by atoms with Gasteiger partial charge in [-0.3, -0.25) is 4.99 Å². The van der Waals surface area contributed by atoms with Crippen molar-refractivity contribution < 1.29 is 13.2 Å². The zero-order chi connectivity index (χ0) is 20.9. The number of para-hydroxylation sites is 1. The highest BCUT2D eigenvalue weighted by molar-refractivity contribution is 5.80. The maximum absolute atomic E-state index is 14.0. The van der Waals surface area contributed by atoms with Crippen molar-refractivity contribution in [2.75, 3.05) is 25.0 Å². The van der Waals surface area contributed by atoms with Crippen LogP contribution in [0.15, 0.2) is 64.1 Å². The van der Waals surface area contributed by atoms with Gasteiger partial charge < -0.3 is 20.0 Å². The fourth-order valence-corrected chi connectivity index (χ4v) is 3.55. The minimum Gasteiger partial charge on any atom is -0.439 e. The molecule has 0 saturated carbocycles. The fraction of sp³-hybridized carbons (Fsp3) is 0.273. The summed E-state index contributed by atoms with van der Waals surface area (Å²) in [6.45, 7) is 1.41. The molecule has 0 radical (unpaired) electrons. The molecule has 0 aliphatic carbocycles. The number of aromatic nitrogens is 1. The van der Waals surface area contributed by atoms with E-state index in [2.05, 4.69) is 20.6 Å². The Labute approximate surface area is 173 Å². The third-order valence-electron chi connectivity index (χ3n) is 5.03. The molecule has 30 heavy (non-hydrogen) atoms. The Balaban J connectivity index is 1.32. The van der Waals surface area contributed by atoms with E-state index in [4.69, 9.17) is 4.42 Å². The van der Waals surface area contributed by atoms with Crippen LogP contribution in [0.25, 0.3) is 11.3 Å². The van der Waals surface area contributed by atoms with Gasteiger partial charge in [0.05, 0.1) is 12.7 Å². The normalized spacial score (nSPS) is 16.7. The van der Waals surface area contributed by atoms with E-state index in [1.54, 1.807) is 18.1 Å². The molecule has 1 aliphatic heterocycles. The second-order valence-electron chi connectivity index (χ2n) is 7.06. The summed E-state index contributed by atoms with van der Waals surface area (Å²) in [4.78, 5) is 10.2. The fourth-order valence-electron chi connectivity index (χ4n) is 3.55. The molecule has 8 heteroatoms. The number of hydrogen-bond donors (Lipinski definition) is 2. The molecule has 4 rings (SSSR count). The zero-order valence-corrected chi connectivity index (χ0v) is 16.6. The van der Waals surface area contributed by atoms with Crippen molar-refractivity contribution in [3.8, 4) is 11.3 Å². The van der Waals surface area contributed by atoms with Gasteiger partial charge in [-0.05, 0) is 18.6 Å². The number of guanidine groups is 1. The lowest BCUT2D eigenvalue weighted by Crippen LogP contribution is -2.44. The number of rotatable bonds is 5. The summed E-state index contributed by atoms with van der Waals surface area (Å²) in [5.74, 6) is 0.731. The molecule has 1 aliphatic rings. The van der Waals surface area contributed by atoms with Crippen LogP contribution in [0.4, 0.5) is 14.5 Å². The lowest BCUT2D eigenvalue weighted by molar-refractivity contribution is 0.496. The van der Waals surface area contributed by atoms with Crippen LogP contribution in [0.3, 0.4) is 0 Å². The molecule has 2 N–H and O–H groups in total. The van der Waals surface area contributed by atoms with Crippen LogP contribution in [0, 0.1) is 11.6 Å². The summed E-state index contributed by atoms with van der Waals surface area (Å²) in [6, 6.07) is 13.7. The van der Waals surface area contributed by atoms with Crippen molar-refractivity contribution >= 4 is 11.6 Å². The van der Waals surface area contributed by atoms with E-state index in [1.807, 2.05) is 30.3 Å². The molecule has 0 bridgehead atoms. The van der Waals surface area contributed by atoms with Gasteiger partial charge in [-0.1, -0.05) is 36.4 Å². The van der Waals surface area contributed by atoms with Crippen LogP contribution in [-0.4, -0.2) is 37.1 Å². The monoisotopic (exact) mass is 411 g/mol. The highest BCUT2D eigenvalue weighted by atomic mass is 19.1. The van der Waals surface area contributed by atoms with E-state index in [1.165, 1.54) is 18.2 Å². The molecule has 156 valence electrons. The van der Waals surface area contributed by atoms with Crippen molar-refractivity contribution in [3.63, 3.8) is 0 Å². The largest absolute Gasteiger partial charge is 0.439 e. The van der Waals surface area contributed by atoms with Crippen LogP contribution in [0.2, 0.25) is 0 Å². The Hall–Kier alpha value is -3.42. The maximum atomic E-state index is 14.0. The summed E-state index contributed by atoms with van der Waals surface area (Å²) >= 11 is 0. The minimum absolute atomic E-state index is 0.0136. The molecule has 3 aromatic rings. The first-order valence-electron chi connectivity index (χ1n) is 9.80. The Kier molecular flexibility index (Phi) is 5.92. The Morgan fingerprint density at radius 2 is 1.93 bits per heavy atom. The summed E-state index contributed by atoms with van der Waals surface area (Å²) in [5, 5.41) is 6.47. The van der Waals surface area contributed by atoms with Crippen molar-refractivity contribution in [2.24, 2.45) is 4.99 Å². The molecule has 1 fully saturated rings. The van der Waals surface area contributed by atoms with Crippen LogP contribution < -0.4 is 15.5 Å². The van der Waals surface area contributed by atoms with Crippen molar-refractivity contribution in [1.82, 2.24) is 15.6 Å². The van der Waals surface area contributed by atoms with Gasteiger partial charge in [0.2, 0.25) is 5.89 Å². The summed E-state index contributed by atoms with van der Waals surface area (Å²) in [5.41, 5.74) is 0.989. The van der Waals surface area contributed by atoms with E-state index >= 15 is 0 Å². The van der Waals surface area contributed by atoms with Gasteiger partial charge in [0.1, 0.15) is 17.3 Å². The van der Waals surface area contributed by atoms with E-state index in [-0.39, 0.29) is 11.7 Å². The summed E-state index contributed by atoms with van der Waals surface area (Å²) < 4.78 is 33.9. The molecule has 1 atom stereocenters. The highest BCUT2D eigenvalue weighted by Gasteiger charge is 2.27. The Morgan fingerprint density at radius 1 is 1.17 bits per heavy atom. The molecule has 6 nitrogen and oxygen atoms in total. The third-order valence-corrected chi connectivity index (χ3v) is 5.03. The average molecular weight is 411 g/mol. The number of nitrogens with zero attached hydrogens (tertiary/aromatic N) is 3. The molecular formula is C22H23F2N5O. The van der Waals surface area contributed by atoms with E-state index in [0.717, 1.165) is 12.0 Å². The first-order chi connectivity index (χ1) is 14.6. The van der Waals surface area contributed by atoms with Gasteiger partial charge in [0.15, 0.2) is 11.7 Å². The van der Waals surface area contributed by atoms with Gasteiger partial charge in [0.25, 0.3) is 0 Å². The number of nitrogens with one attached hydrogen (secondary N) is 2. The second-order valence-corrected chi connectivity index (χ2v) is 7.06. The molecule has 1 aromatic heterocycles. The lowest BCUT2D eigenvalue weighted by atomic mass is 10.2. The molecule has 2 aromatic carbocycles. The van der Waals surface area contributed by atoms with Gasteiger partial charge in [-0.15, -0.1) is 0 Å². The quantitative estimate of drug-likeness (QED) is 0.496. The Bertz CT molecular complexity index is 1000. The van der Waals surface area contributed by atoms with E-state index in [9.17, 15) is 8.78 Å². The highest BCUT2D eigenvalue weighted by Crippen LogP contribution is 2.26. The molecule has 1 saturated heterocycles. The van der Waals surface area contributed by atoms with E-state index < -0.39 is 11.6 Å². The van der Waals surface area contributed by atoms with Crippen LogP contribution in [-0.2, 0) is 6.54 Å². The second kappa shape index (κ2) is 8.94. The maximum Gasteiger partial charge on any atom is 0.214 e. The van der Waals surface area contributed by atoms with Gasteiger partial charge in [-0.25, -0.2) is 13.8 Å². The third kappa shape index (κ3) is 4.42. The predicted octanol–water partition coefficient (Wildman–Crippen LogP) is 3.56. The number of oxazole rings is 1. The van der Waals surface area contributed by atoms with Crippen LogP contribution >= 0.6 is 0 Å². The van der Waals surface area contributed by atoms with Crippen molar-refractivity contribution in [2.45, 2.75) is 19.0 Å². The van der Waals surface area contributed by atoms with Gasteiger partial charge >= 0.3 is 0 Å². The first kappa shape index (κ1) is 19.9. The SMILES string of the molecule is CN=C(NCc1ncc(-c2ccccc2)o1)NC1CCN(c2c(F)cccc2F)C1. The average Bonchev–Trinajstić information content (AvgIpc) is 3.41. The van der Waals surface area contributed by atoms with Crippen LogP contribution in [0.5, 0.6) is 0 Å². The number of anilines is 1. The lowest BCUT2D eigenvalue weighted by Gasteiger charge is -2.21. The zero-order valence-electron chi connectivity index (χ0n) is 16.6. The number of halogens is 2. The smallest absolute Gasteiger partial charge is 0.214 e. The first-order valence-corrected chi connectivity index (χ1v) is 9.80. The molecule has 0 amide bonds. The minimum atomic E-state index is -0.545. The predicted molar refractivity (Wildman–Crippen MR) is 112 cm³/mol. The number of hydrogen-bond acceptors (Lipinski definition) is 4. The van der Waals surface area contributed by atoms with Crippen LogP contribution in [0.1, 0.15) is 12.3 Å². The molecule has 2 heterocycles. The molecule has 1 unspecified atom stereocenters. The number of aliphatic imine (C=N–C) groups is 1. The number of benzene rings is 2. The van der Waals surface area contributed by atoms with Gasteiger partial charge in [0, 0.05) is 31.7 Å². The topological polar surface area (TPSA) is 65.7 Å². The molecular weight excluding hydrogens is 388 g/mol. The van der Waals surface area contributed by atoms with Crippen molar-refractivity contribution in [1.29, 1.82) is 0 Å². The Morgan fingerprint density at radius 3 is 2.67 bits per heavy atom. The van der Waals surface area contributed by atoms with Crippen molar-refractivity contribution in [3.05, 3.63) is 72.3 Å². The summed E-state index contributed by atoms with van der Waals surface area (Å²) in [7, 11) is 1.67. The van der Waals surface area contributed by atoms with Gasteiger partial charge in [-0.2, -0.15) is 0 Å². The van der Waals surface area contributed by atoms with E-state index in [0.29, 0.717) is 37.2 Å².